The first-order chi connectivity index (χ1) is 15.5. The fourth-order valence-corrected chi connectivity index (χ4v) is 3.74. The second-order valence-corrected chi connectivity index (χ2v) is 7.50. The van der Waals surface area contributed by atoms with E-state index in [0.29, 0.717) is 21.8 Å². The van der Waals surface area contributed by atoms with Gasteiger partial charge in [-0.05, 0) is 30.7 Å². The number of esters is 1. The van der Waals surface area contributed by atoms with Gasteiger partial charge in [-0.2, -0.15) is 0 Å². The highest BCUT2D eigenvalue weighted by atomic mass is 32.1. The first kappa shape index (κ1) is 21.3. The second kappa shape index (κ2) is 9.06. The standard InChI is InChI=1S/C22H17FN4O4S/c1-2-31-17(28)11-26-21(30)18-19-15(27-16(10-25-19)22-24-6-7-32-22)9-14(20(18)29)12-4-3-5-13(23)8-12/h3-10,29H,2,11H2,1H3,(H,26,30). The van der Waals surface area contributed by atoms with E-state index < -0.39 is 23.4 Å². The summed E-state index contributed by atoms with van der Waals surface area (Å²) in [6.45, 7) is 1.43. The first-order valence-corrected chi connectivity index (χ1v) is 10.5. The summed E-state index contributed by atoms with van der Waals surface area (Å²) >= 11 is 1.37. The molecule has 0 saturated carbocycles. The molecule has 32 heavy (non-hydrogen) atoms. The van der Waals surface area contributed by atoms with Crippen LogP contribution in [0.1, 0.15) is 17.3 Å². The fraction of sp³-hybridized carbons (Fsp3) is 0.136. The number of halogens is 1. The van der Waals surface area contributed by atoms with Gasteiger partial charge in [-0.15, -0.1) is 11.3 Å². The molecule has 0 radical (unpaired) electrons. The van der Waals surface area contributed by atoms with Crippen LogP contribution in [0.15, 0.2) is 48.1 Å². The summed E-state index contributed by atoms with van der Waals surface area (Å²) in [7, 11) is 0. The molecule has 2 aromatic carbocycles. The Bertz CT molecular complexity index is 1310. The van der Waals surface area contributed by atoms with Crippen LogP contribution in [0.4, 0.5) is 4.39 Å². The van der Waals surface area contributed by atoms with Gasteiger partial charge in [-0.3, -0.25) is 14.6 Å². The molecule has 0 unspecified atom stereocenters. The molecule has 162 valence electrons. The summed E-state index contributed by atoms with van der Waals surface area (Å²) < 4.78 is 18.7. The molecule has 0 aliphatic heterocycles. The van der Waals surface area contributed by atoms with Crippen LogP contribution >= 0.6 is 11.3 Å². The zero-order valence-electron chi connectivity index (χ0n) is 16.8. The molecule has 0 saturated heterocycles. The van der Waals surface area contributed by atoms with Crippen molar-refractivity contribution < 1.29 is 23.8 Å². The summed E-state index contributed by atoms with van der Waals surface area (Å²) in [5.41, 5.74) is 1.29. The fourth-order valence-electron chi connectivity index (χ4n) is 3.15. The SMILES string of the molecule is CCOC(=O)CNC(=O)c1c(O)c(-c2cccc(F)c2)cc2nc(-c3nccs3)cnc12. The number of carbonyl (C=O) groups excluding carboxylic acids is 2. The lowest BCUT2D eigenvalue weighted by molar-refractivity contribution is -0.141. The molecule has 2 N–H and O–H groups in total. The number of hydrogen-bond acceptors (Lipinski definition) is 8. The minimum atomic E-state index is -0.741. The zero-order valence-corrected chi connectivity index (χ0v) is 17.6. The molecule has 0 bridgehead atoms. The molecule has 0 aliphatic rings. The van der Waals surface area contributed by atoms with Crippen molar-refractivity contribution in [1.29, 1.82) is 0 Å². The average Bonchev–Trinajstić information content (AvgIpc) is 3.32. The monoisotopic (exact) mass is 452 g/mol. The third-order valence-electron chi connectivity index (χ3n) is 4.52. The van der Waals surface area contributed by atoms with Crippen LogP contribution in [-0.2, 0) is 9.53 Å². The normalized spacial score (nSPS) is 10.8. The van der Waals surface area contributed by atoms with Gasteiger partial charge < -0.3 is 15.2 Å². The minimum absolute atomic E-state index is 0.129. The van der Waals surface area contributed by atoms with Crippen molar-refractivity contribution in [3.63, 3.8) is 0 Å². The zero-order chi connectivity index (χ0) is 22.7. The predicted octanol–water partition coefficient (Wildman–Crippen LogP) is 3.56. The molecule has 8 nitrogen and oxygen atoms in total. The quantitative estimate of drug-likeness (QED) is 0.430. The molecule has 0 fully saturated rings. The van der Waals surface area contributed by atoms with Gasteiger partial charge in [0.25, 0.3) is 5.91 Å². The van der Waals surface area contributed by atoms with Gasteiger partial charge in [0.15, 0.2) is 0 Å². The van der Waals surface area contributed by atoms with Crippen molar-refractivity contribution >= 4 is 34.2 Å². The number of rotatable bonds is 6. The topological polar surface area (TPSA) is 114 Å². The maximum Gasteiger partial charge on any atom is 0.325 e. The average molecular weight is 452 g/mol. The van der Waals surface area contributed by atoms with Gasteiger partial charge >= 0.3 is 5.97 Å². The summed E-state index contributed by atoms with van der Waals surface area (Å²) in [5, 5.41) is 15.8. The number of nitrogens with one attached hydrogen (secondary N) is 1. The van der Waals surface area contributed by atoms with Gasteiger partial charge in [0, 0.05) is 17.1 Å². The van der Waals surface area contributed by atoms with E-state index in [1.54, 1.807) is 24.6 Å². The molecule has 0 spiro atoms. The number of carbonyl (C=O) groups is 2. The Balaban J connectivity index is 1.86. The van der Waals surface area contributed by atoms with Crippen LogP contribution in [0.2, 0.25) is 0 Å². The van der Waals surface area contributed by atoms with Crippen molar-refractivity contribution in [2.75, 3.05) is 13.2 Å². The van der Waals surface area contributed by atoms with E-state index in [0.717, 1.165) is 0 Å². The van der Waals surface area contributed by atoms with Crippen molar-refractivity contribution in [2.24, 2.45) is 0 Å². The van der Waals surface area contributed by atoms with Crippen LogP contribution in [0, 0.1) is 5.82 Å². The third kappa shape index (κ3) is 4.26. The van der Waals surface area contributed by atoms with Crippen molar-refractivity contribution in [2.45, 2.75) is 6.92 Å². The van der Waals surface area contributed by atoms with E-state index in [1.165, 1.54) is 41.8 Å². The van der Waals surface area contributed by atoms with Crippen LogP contribution in [0.25, 0.3) is 32.9 Å². The number of benzene rings is 2. The summed E-state index contributed by atoms with van der Waals surface area (Å²) in [4.78, 5) is 37.7. The Morgan fingerprint density at radius 3 is 2.81 bits per heavy atom. The van der Waals surface area contributed by atoms with Crippen molar-refractivity contribution in [1.82, 2.24) is 20.3 Å². The molecular formula is C22H17FN4O4S. The summed E-state index contributed by atoms with van der Waals surface area (Å²) in [5.74, 6) is -2.27. The van der Waals surface area contributed by atoms with Gasteiger partial charge in [0.2, 0.25) is 0 Å². The highest BCUT2D eigenvalue weighted by Crippen LogP contribution is 2.37. The maximum absolute atomic E-state index is 13.8. The summed E-state index contributed by atoms with van der Waals surface area (Å²) in [6.07, 6.45) is 3.08. The van der Waals surface area contributed by atoms with Gasteiger partial charge in [0.1, 0.15) is 39.9 Å². The largest absolute Gasteiger partial charge is 0.506 e. The molecular weight excluding hydrogens is 435 g/mol. The van der Waals surface area contributed by atoms with E-state index in [4.69, 9.17) is 4.74 Å². The molecule has 0 atom stereocenters. The molecule has 4 rings (SSSR count). The highest BCUT2D eigenvalue weighted by Gasteiger charge is 2.23. The maximum atomic E-state index is 13.8. The first-order valence-electron chi connectivity index (χ1n) is 9.60. The number of nitrogens with zero attached hydrogens (tertiary/aromatic N) is 3. The van der Waals surface area contributed by atoms with Crippen LogP contribution in [0.5, 0.6) is 5.75 Å². The van der Waals surface area contributed by atoms with Gasteiger partial charge in [0.05, 0.1) is 18.3 Å². The lowest BCUT2D eigenvalue weighted by atomic mass is 9.99. The number of phenols is 1. The van der Waals surface area contributed by atoms with Crippen molar-refractivity contribution in [3.05, 3.63) is 59.5 Å². The van der Waals surface area contributed by atoms with Crippen LogP contribution < -0.4 is 5.32 Å². The molecule has 4 aromatic rings. The number of aromatic hydroxyl groups is 1. The van der Waals surface area contributed by atoms with E-state index in [9.17, 15) is 19.1 Å². The Morgan fingerprint density at radius 1 is 1.25 bits per heavy atom. The second-order valence-electron chi connectivity index (χ2n) is 6.61. The van der Waals surface area contributed by atoms with Crippen molar-refractivity contribution in [3.8, 4) is 27.6 Å². The molecule has 2 heterocycles. The van der Waals surface area contributed by atoms with E-state index in [2.05, 4.69) is 20.3 Å². The molecule has 0 aliphatic carbocycles. The Kier molecular flexibility index (Phi) is 6.04. The van der Waals surface area contributed by atoms with Gasteiger partial charge in [-0.1, -0.05) is 12.1 Å². The summed E-state index contributed by atoms with van der Waals surface area (Å²) in [6, 6.07) is 7.13. The highest BCUT2D eigenvalue weighted by molar-refractivity contribution is 7.13. The number of hydrogen-bond donors (Lipinski definition) is 2. The number of phenolic OH excluding ortho intramolecular Hbond substituents is 1. The lowest BCUT2D eigenvalue weighted by Crippen LogP contribution is -2.31. The third-order valence-corrected chi connectivity index (χ3v) is 5.32. The Morgan fingerprint density at radius 2 is 2.09 bits per heavy atom. The Hall–Kier alpha value is -3.92. The molecule has 1 amide bonds. The van der Waals surface area contributed by atoms with Crippen LogP contribution in [0.3, 0.4) is 0 Å². The van der Waals surface area contributed by atoms with Crippen LogP contribution in [-0.4, -0.2) is 45.1 Å². The predicted molar refractivity (Wildman–Crippen MR) is 117 cm³/mol. The van der Waals surface area contributed by atoms with E-state index >= 15 is 0 Å². The Labute approximate surface area is 185 Å². The number of amides is 1. The number of ether oxygens (including phenoxy) is 1. The molecule has 10 heteroatoms. The smallest absolute Gasteiger partial charge is 0.325 e. The minimum Gasteiger partial charge on any atom is -0.506 e. The lowest BCUT2D eigenvalue weighted by Gasteiger charge is -2.14. The van der Waals surface area contributed by atoms with E-state index in [-0.39, 0.29) is 29.8 Å². The van der Waals surface area contributed by atoms with E-state index in [1.807, 2.05) is 0 Å². The number of thiazole rings is 1. The molecule has 2 aromatic heterocycles. The van der Waals surface area contributed by atoms with Gasteiger partial charge in [-0.25, -0.2) is 14.4 Å². The number of fused-ring (bicyclic) bond motifs is 1. The number of aromatic nitrogens is 3.